The van der Waals surface area contributed by atoms with Crippen molar-refractivity contribution in [1.29, 1.82) is 0 Å². The van der Waals surface area contributed by atoms with Gasteiger partial charge in [0.2, 0.25) is 10.0 Å². The number of alkyl halides is 14. The van der Waals surface area contributed by atoms with Crippen LogP contribution in [0.5, 0.6) is 0 Å². The summed E-state index contributed by atoms with van der Waals surface area (Å²) in [4.78, 5) is 11.1. The summed E-state index contributed by atoms with van der Waals surface area (Å²) in [6, 6.07) is 0. The summed E-state index contributed by atoms with van der Waals surface area (Å²) in [6.45, 7) is 3.19. The lowest BCUT2D eigenvalue weighted by atomic mass is 9.80. The zero-order chi connectivity index (χ0) is 30.6. The summed E-state index contributed by atoms with van der Waals surface area (Å²) in [5, 5.41) is 0. The van der Waals surface area contributed by atoms with Crippen LogP contribution >= 0.6 is 0 Å². The highest BCUT2D eigenvalue weighted by Gasteiger charge is 2.75. The molecule has 0 aromatic carbocycles. The van der Waals surface area contributed by atoms with E-state index in [0.717, 1.165) is 0 Å². The van der Waals surface area contributed by atoms with Crippen molar-refractivity contribution in [3.63, 3.8) is 0 Å². The van der Waals surface area contributed by atoms with Crippen LogP contribution in [0.3, 0.4) is 0 Å². The van der Waals surface area contributed by atoms with Crippen LogP contribution in [0, 0.1) is 5.92 Å². The van der Waals surface area contributed by atoms with Crippen LogP contribution in [0.2, 0.25) is 0 Å². The van der Waals surface area contributed by atoms with Gasteiger partial charge in [-0.25, -0.2) is 26.7 Å². The van der Waals surface area contributed by atoms with E-state index in [0.29, 0.717) is 0 Å². The molecule has 1 N–H and O–H groups in total. The third-order valence-corrected chi connectivity index (χ3v) is 6.44. The molecule has 0 heterocycles. The number of ether oxygens (including phenoxy) is 1. The van der Waals surface area contributed by atoms with Crippen LogP contribution in [-0.4, -0.2) is 69.3 Å². The summed E-state index contributed by atoms with van der Waals surface area (Å²) in [7, 11) is -4.54. The average Bonchev–Trinajstić information content (AvgIpc) is 2.67. The fraction of sp³-hybridized carbons (Fsp3) is 0.833. The van der Waals surface area contributed by atoms with Crippen LogP contribution < -0.4 is 4.72 Å². The maximum absolute atomic E-state index is 14.1. The molecule has 0 radical (unpaired) electrons. The Morgan fingerprint density at radius 1 is 0.789 bits per heavy atom. The Morgan fingerprint density at radius 3 is 1.47 bits per heavy atom. The van der Waals surface area contributed by atoms with Crippen molar-refractivity contribution in [3.05, 3.63) is 12.2 Å². The summed E-state index contributed by atoms with van der Waals surface area (Å²) < 4.78 is 213. The van der Waals surface area contributed by atoms with E-state index in [1.807, 2.05) is 0 Å². The van der Waals surface area contributed by atoms with Crippen molar-refractivity contribution >= 4 is 16.0 Å². The summed E-state index contributed by atoms with van der Waals surface area (Å²) in [5.74, 6) is -5.49. The number of hydrogen-bond donors (Lipinski definition) is 1. The molecule has 5 nitrogen and oxygen atoms in total. The average molecular weight is 613 g/mol. The highest BCUT2D eigenvalue weighted by molar-refractivity contribution is 7.89. The molecule has 0 aliphatic heterocycles. The van der Waals surface area contributed by atoms with Crippen molar-refractivity contribution in [2.75, 3.05) is 18.9 Å². The summed E-state index contributed by atoms with van der Waals surface area (Å²) >= 11 is 0. The zero-order valence-electron chi connectivity index (χ0n) is 19.1. The molecule has 0 saturated heterocycles. The number of halogens is 14. The Morgan fingerprint density at radius 2 is 1.16 bits per heavy atom. The van der Waals surface area contributed by atoms with Crippen molar-refractivity contribution in [2.45, 2.75) is 68.6 Å². The Kier molecular flexibility index (Phi) is 11.5. The maximum atomic E-state index is 14.1. The second-order valence-corrected chi connectivity index (χ2v) is 10.1. The van der Waals surface area contributed by atoms with Gasteiger partial charge < -0.3 is 4.74 Å². The van der Waals surface area contributed by atoms with Gasteiger partial charge in [-0.2, -0.15) is 52.7 Å². The van der Waals surface area contributed by atoms with Crippen LogP contribution in [-0.2, 0) is 19.6 Å². The van der Waals surface area contributed by atoms with E-state index in [9.17, 15) is 74.7 Å². The maximum Gasteiger partial charge on any atom is 0.431 e. The molecule has 0 rings (SSSR count). The number of hydrogen-bond acceptors (Lipinski definition) is 4. The summed E-state index contributed by atoms with van der Waals surface area (Å²) in [5.41, 5.74) is -12.8. The molecule has 0 aliphatic carbocycles. The number of carbonyl (C=O) groups excluding carboxylic acids is 1. The van der Waals surface area contributed by atoms with Crippen LogP contribution in [0.4, 0.5) is 61.5 Å². The molecule has 0 unspecified atom stereocenters. The van der Waals surface area contributed by atoms with Crippen LogP contribution in [0.25, 0.3) is 0 Å². The normalized spacial score (nSPS) is 14.6. The lowest BCUT2D eigenvalue weighted by molar-refractivity contribution is -0.356. The van der Waals surface area contributed by atoms with E-state index in [4.69, 9.17) is 0 Å². The number of carbonyl (C=O) groups is 1. The highest BCUT2D eigenvalue weighted by Crippen LogP contribution is 2.55. The van der Waals surface area contributed by atoms with Crippen LogP contribution in [0.15, 0.2) is 12.2 Å². The molecule has 0 bridgehead atoms. The number of rotatable bonds is 13. The van der Waals surface area contributed by atoms with Gasteiger partial charge in [-0.3, -0.25) is 0 Å². The van der Waals surface area contributed by atoms with Gasteiger partial charge in [0.1, 0.15) is 6.61 Å². The van der Waals surface area contributed by atoms with E-state index in [-0.39, 0.29) is 5.57 Å². The van der Waals surface area contributed by atoms with Crippen LogP contribution in [0.1, 0.15) is 32.6 Å². The van der Waals surface area contributed by atoms with Gasteiger partial charge in [0.05, 0.1) is 5.75 Å². The molecular formula is C18H21F14NO4S. The number of sulfonamides is 1. The molecule has 38 heavy (non-hydrogen) atoms. The van der Waals surface area contributed by atoms with Crippen molar-refractivity contribution in [2.24, 2.45) is 5.92 Å². The SMILES string of the molecule is C=C(C)C(=O)OCCNS(=O)(=O)CCCC(CC(F)(C(F)(F)F)C(F)(F)F)CC(F)(C(F)(F)F)C(F)(F)F. The smallest absolute Gasteiger partial charge is 0.431 e. The Bertz CT molecular complexity index is 853. The molecule has 226 valence electrons. The quantitative estimate of drug-likeness (QED) is 0.122. The first-order valence-corrected chi connectivity index (χ1v) is 11.7. The van der Waals surface area contributed by atoms with Gasteiger partial charge in [0.25, 0.3) is 11.3 Å². The molecule has 20 heteroatoms. The fourth-order valence-electron chi connectivity index (χ4n) is 2.95. The van der Waals surface area contributed by atoms with E-state index < -0.39 is 103 Å². The topological polar surface area (TPSA) is 72.5 Å². The van der Waals surface area contributed by atoms with E-state index in [2.05, 4.69) is 11.3 Å². The summed E-state index contributed by atoms with van der Waals surface area (Å²) in [6.07, 6.45) is -36.6. The fourth-order valence-corrected chi connectivity index (χ4v) is 4.04. The lowest BCUT2D eigenvalue weighted by Gasteiger charge is -2.37. The first-order valence-electron chi connectivity index (χ1n) is 10.1. The molecule has 0 spiro atoms. The molecule has 0 fully saturated rings. The minimum Gasteiger partial charge on any atom is -0.461 e. The zero-order valence-corrected chi connectivity index (χ0v) is 19.9. The molecule has 0 amide bonds. The Balaban J connectivity index is 5.87. The molecular weight excluding hydrogens is 592 g/mol. The van der Waals surface area contributed by atoms with E-state index >= 15 is 0 Å². The van der Waals surface area contributed by atoms with Crippen molar-refractivity contribution in [3.8, 4) is 0 Å². The number of esters is 1. The standard InChI is InChI=1S/C18H21F14NO4S/c1-10(2)12(34)37-6-5-33-38(35,36)7-3-4-11(8-13(19,15(21,22)23)16(24,25)26)9-14(20,17(27,28)29)18(30,31)32/h11,33H,1,3-9H2,2H3. The molecule has 0 aromatic heterocycles. The predicted octanol–water partition coefficient (Wildman–Crippen LogP) is 5.87. The molecule has 0 atom stereocenters. The Labute approximate surface area is 206 Å². The van der Waals surface area contributed by atoms with Gasteiger partial charge in [0.15, 0.2) is 0 Å². The van der Waals surface area contributed by atoms with Gasteiger partial charge in [-0.15, -0.1) is 0 Å². The third kappa shape index (κ3) is 9.41. The van der Waals surface area contributed by atoms with Gasteiger partial charge in [0, 0.05) is 25.0 Å². The predicted molar refractivity (Wildman–Crippen MR) is 101 cm³/mol. The monoisotopic (exact) mass is 613 g/mol. The van der Waals surface area contributed by atoms with E-state index in [1.165, 1.54) is 6.92 Å². The molecule has 0 aliphatic rings. The minimum atomic E-state index is -6.88. The Hall–Kier alpha value is -1.86. The first-order chi connectivity index (χ1) is 16.6. The van der Waals surface area contributed by atoms with Crippen molar-refractivity contribution < 1.29 is 79.4 Å². The van der Waals surface area contributed by atoms with Crippen molar-refractivity contribution in [1.82, 2.24) is 4.72 Å². The van der Waals surface area contributed by atoms with Gasteiger partial charge >= 0.3 is 30.7 Å². The van der Waals surface area contributed by atoms with Gasteiger partial charge in [-0.05, 0) is 25.7 Å². The molecule has 0 aromatic rings. The minimum absolute atomic E-state index is 0.0813. The number of nitrogens with one attached hydrogen (secondary N) is 1. The lowest BCUT2D eigenvalue weighted by Crippen LogP contribution is -2.57. The first kappa shape index (κ1) is 36.1. The van der Waals surface area contributed by atoms with Gasteiger partial charge in [-0.1, -0.05) is 6.58 Å². The largest absolute Gasteiger partial charge is 0.461 e. The van der Waals surface area contributed by atoms with E-state index in [1.54, 1.807) is 4.72 Å². The second kappa shape index (κ2) is 12.1. The molecule has 0 saturated carbocycles. The third-order valence-electron chi connectivity index (χ3n) is 4.97. The second-order valence-electron chi connectivity index (χ2n) is 8.14. The highest BCUT2D eigenvalue weighted by atomic mass is 32.2.